The van der Waals surface area contributed by atoms with Crippen molar-refractivity contribution in [2.75, 3.05) is 6.54 Å². The number of thioether (sulfide) groups is 1. The van der Waals surface area contributed by atoms with E-state index in [-0.39, 0.29) is 6.04 Å². The van der Waals surface area contributed by atoms with Gasteiger partial charge in [0.25, 0.3) is 0 Å². The normalized spacial score (nSPS) is 18.1. The second-order valence-electron chi connectivity index (χ2n) is 5.26. The quantitative estimate of drug-likeness (QED) is 0.681. The van der Waals surface area contributed by atoms with Crippen molar-refractivity contribution in [1.82, 2.24) is 25.1 Å². The molecule has 0 saturated carbocycles. The van der Waals surface area contributed by atoms with E-state index in [0.29, 0.717) is 15.8 Å². The first-order chi connectivity index (χ1) is 11.2. The van der Waals surface area contributed by atoms with Crippen molar-refractivity contribution in [2.24, 2.45) is 0 Å². The molecule has 1 aliphatic heterocycles. The minimum Gasteiger partial charge on any atom is -0.307 e. The van der Waals surface area contributed by atoms with Gasteiger partial charge in [0.1, 0.15) is 0 Å². The lowest BCUT2D eigenvalue weighted by molar-refractivity contribution is 0.582. The van der Waals surface area contributed by atoms with Crippen LogP contribution in [0.2, 0.25) is 10.0 Å². The Morgan fingerprint density at radius 3 is 2.87 bits per heavy atom. The van der Waals surface area contributed by atoms with Crippen molar-refractivity contribution in [3.05, 3.63) is 39.6 Å². The van der Waals surface area contributed by atoms with Gasteiger partial charge in [-0.15, -0.1) is 15.3 Å². The molecule has 1 fully saturated rings. The molecule has 0 spiro atoms. The Bertz CT molecular complexity index is 821. The molecule has 1 aromatic carbocycles. The summed E-state index contributed by atoms with van der Waals surface area (Å²) in [5, 5.41) is 17.9. The second-order valence-corrected chi connectivity index (χ2v) is 8.25. The monoisotopic (exact) mass is 385 g/mol. The maximum absolute atomic E-state index is 6.21. The summed E-state index contributed by atoms with van der Waals surface area (Å²) in [6.07, 6.45) is 2.24. The average Bonchev–Trinajstić information content (AvgIpc) is 3.22. The molecule has 3 heterocycles. The molecule has 0 radical (unpaired) electrons. The molecule has 1 atom stereocenters. The highest BCUT2D eigenvalue weighted by Gasteiger charge is 2.23. The molecule has 0 aliphatic carbocycles. The van der Waals surface area contributed by atoms with E-state index in [1.807, 2.05) is 22.7 Å². The molecule has 0 amide bonds. The molecule has 0 unspecified atom stereocenters. The molecule has 0 bridgehead atoms. The van der Waals surface area contributed by atoms with Crippen LogP contribution >= 0.6 is 46.3 Å². The minimum absolute atomic E-state index is 0.253. The Morgan fingerprint density at radius 1 is 1.30 bits per heavy atom. The zero-order valence-electron chi connectivity index (χ0n) is 12.0. The fourth-order valence-electron chi connectivity index (χ4n) is 2.60. The summed E-state index contributed by atoms with van der Waals surface area (Å²) >= 11 is 15.6. The number of hydrogen-bond acceptors (Lipinski definition) is 6. The molecule has 3 aromatic rings. The molecular weight excluding hydrogens is 373 g/mol. The molecular formula is C14H13Cl2N5S2. The van der Waals surface area contributed by atoms with Crippen LogP contribution in [0, 0.1) is 0 Å². The molecule has 5 nitrogen and oxygen atoms in total. The third-order valence-corrected chi connectivity index (χ3v) is 6.54. The fraction of sp³-hybridized carbons (Fsp3) is 0.357. The first kappa shape index (κ1) is 15.7. The predicted octanol–water partition coefficient (Wildman–Crippen LogP) is 4.21. The number of aromatic nitrogens is 4. The summed E-state index contributed by atoms with van der Waals surface area (Å²) in [4.78, 5) is 0.821. The number of nitrogens with zero attached hydrogens (tertiary/aromatic N) is 4. The van der Waals surface area contributed by atoms with Gasteiger partial charge in [-0.25, -0.2) is 0 Å². The van der Waals surface area contributed by atoms with Crippen LogP contribution in [0.25, 0.3) is 4.96 Å². The number of nitrogens with one attached hydrogen (secondary N) is 1. The highest BCUT2D eigenvalue weighted by Crippen LogP contribution is 2.34. The zero-order chi connectivity index (χ0) is 15.8. The van der Waals surface area contributed by atoms with Gasteiger partial charge in [-0.2, -0.15) is 4.52 Å². The SMILES string of the molecule is Clc1cccc(Cl)c1CSc1nn2c([C@H]3CCCN3)nnc2s1. The van der Waals surface area contributed by atoms with E-state index in [1.165, 1.54) is 11.3 Å². The molecule has 23 heavy (non-hydrogen) atoms. The second kappa shape index (κ2) is 6.57. The number of fused-ring (bicyclic) bond motifs is 1. The van der Waals surface area contributed by atoms with Crippen molar-refractivity contribution in [2.45, 2.75) is 29.0 Å². The molecule has 9 heteroatoms. The maximum atomic E-state index is 6.21. The van der Waals surface area contributed by atoms with E-state index < -0.39 is 0 Å². The average molecular weight is 386 g/mol. The van der Waals surface area contributed by atoms with Crippen LogP contribution in [0.3, 0.4) is 0 Å². The topological polar surface area (TPSA) is 55.1 Å². The van der Waals surface area contributed by atoms with Gasteiger partial charge in [0.05, 0.1) is 6.04 Å². The largest absolute Gasteiger partial charge is 0.307 e. The van der Waals surface area contributed by atoms with E-state index in [4.69, 9.17) is 23.2 Å². The van der Waals surface area contributed by atoms with Crippen LogP contribution < -0.4 is 5.32 Å². The lowest BCUT2D eigenvalue weighted by atomic mass is 10.2. The van der Waals surface area contributed by atoms with E-state index in [1.54, 1.807) is 11.8 Å². The molecule has 1 saturated heterocycles. The summed E-state index contributed by atoms with van der Waals surface area (Å²) < 4.78 is 2.79. The fourth-order valence-corrected chi connectivity index (χ4v) is 5.22. The Hall–Kier alpha value is -0.860. The number of halogens is 2. The summed E-state index contributed by atoms with van der Waals surface area (Å²) in [6.45, 7) is 1.02. The summed E-state index contributed by atoms with van der Waals surface area (Å²) in [5.41, 5.74) is 0.935. The van der Waals surface area contributed by atoms with Gasteiger partial charge < -0.3 is 5.32 Å². The van der Waals surface area contributed by atoms with Crippen LogP contribution in [-0.4, -0.2) is 26.4 Å². The lowest BCUT2D eigenvalue weighted by Gasteiger charge is -2.05. The Balaban J connectivity index is 1.56. The van der Waals surface area contributed by atoms with Crippen LogP contribution in [0.1, 0.15) is 30.3 Å². The molecule has 1 aliphatic rings. The standard InChI is InChI=1S/C14H13Cl2N5S2/c15-9-3-1-4-10(16)8(9)7-22-14-20-21-12(11-5-2-6-17-11)18-19-13(21)23-14/h1,3-4,11,17H,2,5-7H2/t11-/m1/s1. The maximum Gasteiger partial charge on any atom is 0.235 e. The van der Waals surface area contributed by atoms with Crippen molar-refractivity contribution < 1.29 is 0 Å². The van der Waals surface area contributed by atoms with E-state index in [9.17, 15) is 0 Å². The number of hydrogen-bond donors (Lipinski definition) is 1. The van der Waals surface area contributed by atoms with Crippen molar-refractivity contribution in [1.29, 1.82) is 0 Å². The highest BCUT2D eigenvalue weighted by atomic mass is 35.5. The summed E-state index contributed by atoms with van der Waals surface area (Å²) in [6, 6.07) is 5.81. The van der Waals surface area contributed by atoms with E-state index in [0.717, 1.165) is 40.1 Å². The molecule has 2 aromatic heterocycles. The third kappa shape index (κ3) is 3.08. The van der Waals surface area contributed by atoms with Crippen LogP contribution in [0.15, 0.2) is 22.5 Å². The van der Waals surface area contributed by atoms with Gasteiger partial charge in [-0.3, -0.25) is 0 Å². The highest BCUT2D eigenvalue weighted by molar-refractivity contribution is 8.00. The molecule has 1 N–H and O–H groups in total. The number of rotatable bonds is 4. The smallest absolute Gasteiger partial charge is 0.235 e. The first-order valence-electron chi connectivity index (χ1n) is 7.23. The summed E-state index contributed by atoms with van der Waals surface area (Å²) in [7, 11) is 0. The van der Waals surface area contributed by atoms with Crippen molar-refractivity contribution >= 4 is 51.3 Å². The Kier molecular flexibility index (Phi) is 4.47. The zero-order valence-corrected chi connectivity index (χ0v) is 15.1. The Labute approximate surface area is 151 Å². The number of benzene rings is 1. The van der Waals surface area contributed by atoms with Crippen LogP contribution in [-0.2, 0) is 5.75 Å². The van der Waals surface area contributed by atoms with Gasteiger partial charge in [0, 0.05) is 15.8 Å². The van der Waals surface area contributed by atoms with Crippen LogP contribution in [0.4, 0.5) is 0 Å². The van der Waals surface area contributed by atoms with E-state index >= 15 is 0 Å². The van der Waals surface area contributed by atoms with Crippen LogP contribution in [0.5, 0.6) is 0 Å². The van der Waals surface area contributed by atoms with Gasteiger partial charge in [0.15, 0.2) is 10.2 Å². The Morgan fingerprint density at radius 2 is 2.13 bits per heavy atom. The van der Waals surface area contributed by atoms with Gasteiger partial charge in [-0.05, 0) is 37.1 Å². The molecule has 4 rings (SSSR count). The first-order valence-corrected chi connectivity index (χ1v) is 9.79. The summed E-state index contributed by atoms with van der Waals surface area (Å²) in [5.74, 6) is 1.58. The molecule has 120 valence electrons. The van der Waals surface area contributed by atoms with Crippen molar-refractivity contribution in [3.63, 3.8) is 0 Å². The predicted molar refractivity (Wildman–Crippen MR) is 94.7 cm³/mol. The van der Waals surface area contributed by atoms with Gasteiger partial charge >= 0.3 is 0 Å². The van der Waals surface area contributed by atoms with Gasteiger partial charge in [-0.1, -0.05) is 52.4 Å². The minimum atomic E-state index is 0.253. The van der Waals surface area contributed by atoms with Crippen molar-refractivity contribution in [3.8, 4) is 0 Å². The van der Waals surface area contributed by atoms with Gasteiger partial charge in [0.2, 0.25) is 4.96 Å². The third-order valence-electron chi connectivity index (χ3n) is 3.77. The van der Waals surface area contributed by atoms with E-state index in [2.05, 4.69) is 20.6 Å². The lowest BCUT2D eigenvalue weighted by Crippen LogP contribution is -2.16.